The zero-order valence-corrected chi connectivity index (χ0v) is 8.42. The summed E-state index contributed by atoms with van der Waals surface area (Å²) in [6.07, 6.45) is -2.65. The van der Waals surface area contributed by atoms with Gasteiger partial charge in [-0.15, -0.1) is 0 Å². The second-order valence-corrected chi connectivity index (χ2v) is 4.54. The van der Waals surface area contributed by atoms with Gasteiger partial charge < -0.3 is 4.74 Å². The largest absolute Gasteiger partial charge is 0.371 e. The van der Waals surface area contributed by atoms with Gasteiger partial charge in [-0.1, -0.05) is 29.5 Å². The zero-order valence-electron chi connectivity index (χ0n) is 6.27. The number of ether oxygens (including phenoxy) is 1. The summed E-state index contributed by atoms with van der Waals surface area (Å²) in [5.41, 5.74) is 0. The van der Waals surface area contributed by atoms with E-state index >= 15 is 0 Å². The van der Waals surface area contributed by atoms with Gasteiger partial charge in [0.1, 0.15) is 6.10 Å². The Hall–Kier alpha value is 0.550. The van der Waals surface area contributed by atoms with Crippen molar-refractivity contribution >= 4 is 22.6 Å². The van der Waals surface area contributed by atoms with Crippen LogP contribution in [0.1, 0.15) is 13.3 Å². The molecular formula is C7H11F2IO. The smallest absolute Gasteiger partial charge is 0.264 e. The summed E-state index contributed by atoms with van der Waals surface area (Å²) in [7, 11) is 0. The first-order valence-corrected chi connectivity index (χ1v) is 4.89. The number of rotatable bonds is 1. The van der Waals surface area contributed by atoms with Gasteiger partial charge in [0.2, 0.25) is 0 Å². The topological polar surface area (TPSA) is 9.23 Å². The monoisotopic (exact) mass is 276 g/mol. The summed E-state index contributed by atoms with van der Waals surface area (Å²) >= 11 is 2.25. The Kier molecular flexibility index (Phi) is 3.49. The van der Waals surface area contributed by atoms with E-state index in [4.69, 9.17) is 4.74 Å². The molecule has 1 aliphatic heterocycles. The fourth-order valence-electron chi connectivity index (χ4n) is 1.14. The molecule has 0 spiro atoms. The van der Waals surface area contributed by atoms with E-state index in [1.807, 2.05) is 6.92 Å². The summed E-state index contributed by atoms with van der Waals surface area (Å²) in [5.74, 6) is 0.350. The van der Waals surface area contributed by atoms with Crippen LogP contribution in [0.25, 0.3) is 0 Å². The van der Waals surface area contributed by atoms with Crippen molar-refractivity contribution in [2.24, 2.45) is 5.92 Å². The van der Waals surface area contributed by atoms with Crippen molar-refractivity contribution in [2.45, 2.75) is 29.8 Å². The van der Waals surface area contributed by atoms with Gasteiger partial charge in [0, 0.05) is 3.92 Å². The van der Waals surface area contributed by atoms with Crippen LogP contribution in [0, 0.1) is 5.92 Å². The quantitative estimate of drug-likeness (QED) is 0.528. The predicted molar refractivity (Wildman–Crippen MR) is 47.3 cm³/mol. The van der Waals surface area contributed by atoms with Crippen LogP contribution in [0.5, 0.6) is 0 Å². The van der Waals surface area contributed by atoms with Crippen LogP contribution in [-0.4, -0.2) is 23.1 Å². The van der Waals surface area contributed by atoms with Crippen molar-refractivity contribution in [1.82, 2.24) is 0 Å². The molecule has 0 aromatic rings. The number of hydrogen-bond acceptors (Lipinski definition) is 1. The van der Waals surface area contributed by atoms with E-state index in [0.717, 1.165) is 0 Å². The average molecular weight is 276 g/mol. The molecule has 0 bridgehead atoms. The van der Waals surface area contributed by atoms with Crippen LogP contribution in [0.15, 0.2) is 0 Å². The lowest BCUT2D eigenvalue weighted by Gasteiger charge is -2.30. The van der Waals surface area contributed by atoms with E-state index in [1.165, 1.54) is 0 Å². The SMILES string of the molecule is C[C@@H]1CC(C(F)F)OC[C@@H]1I. The number of alkyl halides is 3. The molecule has 1 heterocycles. The van der Waals surface area contributed by atoms with Crippen molar-refractivity contribution < 1.29 is 13.5 Å². The van der Waals surface area contributed by atoms with Gasteiger partial charge in [-0.2, -0.15) is 0 Å². The maximum Gasteiger partial charge on any atom is 0.264 e. The van der Waals surface area contributed by atoms with Crippen molar-refractivity contribution in [3.05, 3.63) is 0 Å². The lowest BCUT2D eigenvalue weighted by molar-refractivity contribution is -0.0860. The first-order chi connectivity index (χ1) is 5.11. The van der Waals surface area contributed by atoms with E-state index in [0.29, 0.717) is 22.9 Å². The Labute approximate surface area is 78.6 Å². The molecule has 0 radical (unpaired) electrons. The molecule has 0 aromatic heterocycles. The summed E-state index contributed by atoms with van der Waals surface area (Å²) in [5, 5.41) is 0. The minimum Gasteiger partial charge on any atom is -0.371 e. The second-order valence-electron chi connectivity index (χ2n) is 2.94. The first kappa shape index (κ1) is 9.64. The lowest BCUT2D eigenvalue weighted by Crippen LogP contribution is -2.36. The molecule has 3 atom stereocenters. The van der Waals surface area contributed by atoms with Gasteiger partial charge >= 0.3 is 0 Å². The number of halogens is 3. The van der Waals surface area contributed by atoms with Crippen molar-refractivity contribution in [3.8, 4) is 0 Å². The maximum atomic E-state index is 12.1. The standard InChI is InChI=1S/C7H11F2IO/c1-4-2-6(7(8)9)11-3-5(4)10/h4-7H,2-3H2,1H3/t4-,5+,6?/m1/s1. The molecule has 1 aliphatic rings. The highest BCUT2D eigenvalue weighted by molar-refractivity contribution is 14.1. The molecule has 66 valence electrons. The Balaban J connectivity index is 2.40. The third-order valence-corrected chi connectivity index (χ3v) is 3.56. The minimum atomic E-state index is -2.32. The Bertz CT molecular complexity index is 132. The van der Waals surface area contributed by atoms with E-state index in [1.54, 1.807) is 0 Å². The van der Waals surface area contributed by atoms with Crippen LogP contribution in [0.3, 0.4) is 0 Å². The highest BCUT2D eigenvalue weighted by Gasteiger charge is 2.31. The van der Waals surface area contributed by atoms with Gasteiger partial charge in [0.15, 0.2) is 0 Å². The first-order valence-electron chi connectivity index (χ1n) is 3.65. The molecular weight excluding hydrogens is 265 g/mol. The Morgan fingerprint density at radius 3 is 2.64 bits per heavy atom. The van der Waals surface area contributed by atoms with Crippen molar-refractivity contribution in [1.29, 1.82) is 0 Å². The third kappa shape index (κ3) is 2.50. The summed E-state index contributed by atoms with van der Waals surface area (Å²) in [6, 6.07) is 0. The van der Waals surface area contributed by atoms with E-state index < -0.39 is 12.5 Å². The molecule has 1 unspecified atom stereocenters. The molecule has 0 amide bonds. The molecule has 1 fully saturated rings. The molecule has 1 rings (SSSR count). The Morgan fingerprint density at radius 1 is 1.55 bits per heavy atom. The van der Waals surface area contributed by atoms with Gasteiger partial charge in [-0.25, -0.2) is 8.78 Å². The highest BCUT2D eigenvalue weighted by Crippen LogP contribution is 2.28. The van der Waals surface area contributed by atoms with Crippen LogP contribution in [0.4, 0.5) is 8.78 Å². The molecule has 0 aromatic carbocycles. The van der Waals surface area contributed by atoms with Gasteiger partial charge in [-0.05, 0) is 12.3 Å². The van der Waals surface area contributed by atoms with Crippen LogP contribution in [0.2, 0.25) is 0 Å². The lowest BCUT2D eigenvalue weighted by atomic mass is 9.98. The molecule has 4 heteroatoms. The summed E-state index contributed by atoms with van der Waals surface area (Å²) < 4.78 is 29.5. The van der Waals surface area contributed by atoms with Crippen LogP contribution < -0.4 is 0 Å². The average Bonchev–Trinajstić information content (AvgIpc) is 1.94. The van der Waals surface area contributed by atoms with Crippen LogP contribution in [-0.2, 0) is 4.74 Å². The summed E-state index contributed by atoms with van der Waals surface area (Å²) in [4.78, 5) is 0. The van der Waals surface area contributed by atoms with Crippen molar-refractivity contribution in [2.75, 3.05) is 6.61 Å². The fourth-order valence-corrected chi connectivity index (χ4v) is 1.64. The fraction of sp³-hybridized carbons (Fsp3) is 1.00. The van der Waals surface area contributed by atoms with Gasteiger partial charge in [0.25, 0.3) is 6.43 Å². The normalized spacial score (nSPS) is 39.5. The highest BCUT2D eigenvalue weighted by atomic mass is 127. The van der Waals surface area contributed by atoms with E-state index in [9.17, 15) is 8.78 Å². The molecule has 0 saturated carbocycles. The Morgan fingerprint density at radius 2 is 2.18 bits per heavy atom. The van der Waals surface area contributed by atoms with E-state index in [2.05, 4.69) is 22.6 Å². The zero-order chi connectivity index (χ0) is 8.43. The predicted octanol–water partition coefficient (Wildman–Crippen LogP) is 2.48. The van der Waals surface area contributed by atoms with Gasteiger partial charge in [-0.3, -0.25) is 0 Å². The molecule has 1 saturated heterocycles. The summed E-state index contributed by atoms with van der Waals surface area (Å²) in [6.45, 7) is 2.46. The van der Waals surface area contributed by atoms with Crippen LogP contribution >= 0.6 is 22.6 Å². The molecule has 11 heavy (non-hydrogen) atoms. The second kappa shape index (κ2) is 3.98. The molecule has 1 nitrogen and oxygen atoms in total. The minimum absolute atomic E-state index is 0.350. The maximum absolute atomic E-state index is 12.1. The molecule has 0 aliphatic carbocycles. The van der Waals surface area contributed by atoms with E-state index in [-0.39, 0.29) is 0 Å². The van der Waals surface area contributed by atoms with Crippen molar-refractivity contribution in [3.63, 3.8) is 0 Å². The number of hydrogen-bond donors (Lipinski definition) is 0. The van der Waals surface area contributed by atoms with Gasteiger partial charge in [0.05, 0.1) is 6.61 Å². The molecule has 0 N–H and O–H groups in total. The third-order valence-electron chi connectivity index (χ3n) is 1.97.